The van der Waals surface area contributed by atoms with E-state index >= 15 is 0 Å². The van der Waals surface area contributed by atoms with Crippen molar-refractivity contribution in [2.75, 3.05) is 18.4 Å². The van der Waals surface area contributed by atoms with Crippen molar-refractivity contribution in [3.8, 4) is 0 Å². The lowest BCUT2D eigenvalue weighted by Crippen LogP contribution is -2.35. The van der Waals surface area contributed by atoms with E-state index in [4.69, 9.17) is 0 Å². The van der Waals surface area contributed by atoms with Crippen molar-refractivity contribution in [1.82, 2.24) is 20.1 Å². The number of aromatic nitrogens is 3. The van der Waals surface area contributed by atoms with Gasteiger partial charge in [0.1, 0.15) is 6.33 Å². The number of piperidine rings is 1. The first-order valence-electron chi connectivity index (χ1n) is 5.70. The first kappa shape index (κ1) is 11.1. The van der Waals surface area contributed by atoms with E-state index in [1.807, 2.05) is 11.5 Å². The minimum absolute atomic E-state index is 0.0594. The van der Waals surface area contributed by atoms with Gasteiger partial charge >= 0.3 is 0 Å². The molecule has 1 aliphatic heterocycles. The van der Waals surface area contributed by atoms with Crippen LogP contribution in [0.1, 0.15) is 19.8 Å². The molecule has 1 aromatic rings. The number of nitrogens with one attached hydrogen (secondary N) is 2. The first-order chi connectivity index (χ1) is 7.81. The number of aryl methyl sites for hydroxylation is 1. The fraction of sp³-hybridized carbons (Fsp3) is 0.700. The molecular formula is C10H17N5O. The quantitative estimate of drug-likeness (QED) is 0.769. The predicted octanol–water partition coefficient (Wildman–Crippen LogP) is 0.236. The van der Waals surface area contributed by atoms with Crippen molar-refractivity contribution >= 4 is 11.9 Å². The molecule has 6 nitrogen and oxygen atoms in total. The van der Waals surface area contributed by atoms with Crippen LogP contribution in [-0.4, -0.2) is 33.8 Å². The third kappa shape index (κ3) is 2.38. The molecule has 1 saturated heterocycles. The van der Waals surface area contributed by atoms with Gasteiger partial charge in [-0.1, -0.05) is 0 Å². The van der Waals surface area contributed by atoms with Crippen LogP contribution in [0.4, 0.5) is 5.95 Å². The Bertz CT molecular complexity index is 356. The Morgan fingerprint density at radius 1 is 1.62 bits per heavy atom. The van der Waals surface area contributed by atoms with Gasteiger partial charge in [-0.3, -0.25) is 10.1 Å². The fourth-order valence-corrected chi connectivity index (χ4v) is 1.88. The molecule has 2 rings (SSSR count). The Labute approximate surface area is 94.4 Å². The van der Waals surface area contributed by atoms with Crippen LogP contribution < -0.4 is 10.6 Å². The molecule has 0 aliphatic carbocycles. The molecule has 1 aliphatic rings. The number of amides is 1. The third-order valence-electron chi connectivity index (χ3n) is 2.90. The van der Waals surface area contributed by atoms with Crippen LogP contribution in [0, 0.1) is 5.92 Å². The number of carbonyl (C=O) groups excluding carboxylic acids is 1. The summed E-state index contributed by atoms with van der Waals surface area (Å²) in [6.07, 6.45) is 3.41. The third-order valence-corrected chi connectivity index (χ3v) is 2.90. The van der Waals surface area contributed by atoms with Gasteiger partial charge in [0.2, 0.25) is 11.9 Å². The van der Waals surface area contributed by atoms with Crippen molar-refractivity contribution in [1.29, 1.82) is 0 Å². The fourth-order valence-electron chi connectivity index (χ4n) is 1.88. The van der Waals surface area contributed by atoms with Crippen LogP contribution in [0.15, 0.2) is 6.33 Å². The van der Waals surface area contributed by atoms with Gasteiger partial charge in [0.25, 0.3) is 0 Å². The number of hydrogen-bond donors (Lipinski definition) is 2. The second-order valence-electron chi connectivity index (χ2n) is 3.95. The lowest BCUT2D eigenvalue weighted by atomic mass is 9.97. The molecule has 2 heterocycles. The van der Waals surface area contributed by atoms with E-state index < -0.39 is 0 Å². The largest absolute Gasteiger partial charge is 0.317 e. The van der Waals surface area contributed by atoms with E-state index in [0.717, 1.165) is 32.5 Å². The zero-order valence-corrected chi connectivity index (χ0v) is 9.44. The summed E-state index contributed by atoms with van der Waals surface area (Å²) in [6, 6.07) is 0. The maximum absolute atomic E-state index is 11.9. The molecule has 1 aromatic heterocycles. The molecule has 0 bridgehead atoms. The van der Waals surface area contributed by atoms with E-state index in [-0.39, 0.29) is 11.8 Å². The monoisotopic (exact) mass is 223 g/mol. The van der Waals surface area contributed by atoms with Gasteiger partial charge in [0, 0.05) is 12.5 Å². The van der Waals surface area contributed by atoms with E-state index in [9.17, 15) is 4.79 Å². The van der Waals surface area contributed by atoms with Crippen LogP contribution in [0.2, 0.25) is 0 Å². The summed E-state index contributed by atoms with van der Waals surface area (Å²) in [5, 5.41) is 13.7. The van der Waals surface area contributed by atoms with Crippen molar-refractivity contribution < 1.29 is 4.79 Å². The van der Waals surface area contributed by atoms with E-state index in [1.165, 1.54) is 0 Å². The minimum atomic E-state index is 0.0594. The van der Waals surface area contributed by atoms with Crippen molar-refractivity contribution in [3.63, 3.8) is 0 Å². The molecule has 1 fully saturated rings. The van der Waals surface area contributed by atoms with Crippen LogP contribution >= 0.6 is 0 Å². The van der Waals surface area contributed by atoms with E-state index in [0.29, 0.717) is 5.95 Å². The van der Waals surface area contributed by atoms with Gasteiger partial charge in [0.05, 0.1) is 0 Å². The topological polar surface area (TPSA) is 71.8 Å². The zero-order valence-electron chi connectivity index (χ0n) is 9.44. The first-order valence-corrected chi connectivity index (χ1v) is 5.70. The number of hydrogen-bond acceptors (Lipinski definition) is 4. The molecular weight excluding hydrogens is 206 g/mol. The molecule has 0 aromatic carbocycles. The number of nitrogens with zero attached hydrogens (tertiary/aromatic N) is 3. The number of carbonyl (C=O) groups is 1. The highest BCUT2D eigenvalue weighted by atomic mass is 16.2. The van der Waals surface area contributed by atoms with Crippen LogP contribution in [0.5, 0.6) is 0 Å². The predicted molar refractivity (Wildman–Crippen MR) is 59.9 cm³/mol. The highest BCUT2D eigenvalue weighted by Gasteiger charge is 2.21. The smallest absolute Gasteiger partial charge is 0.231 e. The molecule has 0 spiro atoms. The number of anilines is 1. The van der Waals surface area contributed by atoms with Crippen LogP contribution in [-0.2, 0) is 11.3 Å². The van der Waals surface area contributed by atoms with Crippen molar-refractivity contribution in [3.05, 3.63) is 6.33 Å². The molecule has 16 heavy (non-hydrogen) atoms. The number of rotatable bonds is 3. The lowest BCUT2D eigenvalue weighted by Gasteiger charge is -2.21. The molecule has 0 atom stereocenters. The normalized spacial score (nSPS) is 17.3. The van der Waals surface area contributed by atoms with Gasteiger partial charge < -0.3 is 9.88 Å². The Hall–Kier alpha value is -1.43. The second kappa shape index (κ2) is 5.07. The van der Waals surface area contributed by atoms with Crippen LogP contribution in [0.3, 0.4) is 0 Å². The summed E-state index contributed by atoms with van der Waals surface area (Å²) in [5.41, 5.74) is 0. The summed E-state index contributed by atoms with van der Waals surface area (Å²) in [7, 11) is 0. The standard InChI is InChI=1S/C10H17N5O/c1-2-15-7-12-14-10(15)13-9(16)8-3-5-11-6-4-8/h7-8,11H,2-6H2,1H3,(H,13,14,16). The minimum Gasteiger partial charge on any atom is -0.317 e. The van der Waals surface area contributed by atoms with Gasteiger partial charge in [-0.15, -0.1) is 10.2 Å². The SMILES string of the molecule is CCn1cnnc1NC(=O)C1CCNCC1. The second-order valence-corrected chi connectivity index (χ2v) is 3.95. The Kier molecular flexibility index (Phi) is 3.51. The summed E-state index contributed by atoms with van der Waals surface area (Å²) < 4.78 is 1.82. The Morgan fingerprint density at radius 2 is 2.38 bits per heavy atom. The van der Waals surface area contributed by atoms with Crippen molar-refractivity contribution in [2.24, 2.45) is 5.92 Å². The highest BCUT2D eigenvalue weighted by molar-refractivity contribution is 5.91. The van der Waals surface area contributed by atoms with Gasteiger partial charge in [-0.05, 0) is 32.9 Å². The Balaban J connectivity index is 1.95. The van der Waals surface area contributed by atoms with Crippen LogP contribution in [0.25, 0.3) is 0 Å². The molecule has 0 unspecified atom stereocenters. The summed E-state index contributed by atoms with van der Waals surface area (Å²) in [4.78, 5) is 11.9. The molecule has 1 amide bonds. The maximum Gasteiger partial charge on any atom is 0.231 e. The average Bonchev–Trinajstić information content (AvgIpc) is 2.77. The molecule has 0 saturated carbocycles. The molecule has 88 valence electrons. The molecule has 6 heteroatoms. The van der Waals surface area contributed by atoms with E-state index in [1.54, 1.807) is 6.33 Å². The van der Waals surface area contributed by atoms with Gasteiger partial charge in [-0.25, -0.2) is 0 Å². The van der Waals surface area contributed by atoms with Gasteiger partial charge in [-0.2, -0.15) is 0 Å². The highest BCUT2D eigenvalue weighted by Crippen LogP contribution is 2.14. The molecule has 2 N–H and O–H groups in total. The summed E-state index contributed by atoms with van der Waals surface area (Å²) >= 11 is 0. The van der Waals surface area contributed by atoms with E-state index in [2.05, 4.69) is 20.8 Å². The molecule has 0 radical (unpaired) electrons. The lowest BCUT2D eigenvalue weighted by molar-refractivity contribution is -0.120. The summed E-state index contributed by atoms with van der Waals surface area (Å²) in [6.45, 7) is 4.58. The Morgan fingerprint density at radius 3 is 3.06 bits per heavy atom. The van der Waals surface area contributed by atoms with Crippen molar-refractivity contribution in [2.45, 2.75) is 26.3 Å². The maximum atomic E-state index is 11.9. The van der Waals surface area contributed by atoms with Gasteiger partial charge in [0.15, 0.2) is 0 Å². The zero-order chi connectivity index (χ0) is 11.4. The average molecular weight is 223 g/mol. The summed E-state index contributed by atoms with van der Waals surface area (Å²) in [5.74, 6) is 0.707.